The first-order valence-corrected chi connectivity index (χ1v) is 11.6. The van der Waals surface area contributed by atoms with Gasteiger partial charge in [-0.05, 0) is 63.5 Å². The molecule has 3 N–H and O–H groups in total. The monoisotopic (exact) mass is 505 g/mol. The molecule has 1 aliphatic heterocycles. The van der Waals surface area contributed by atoms with Gasteiger partial charge in [-0.25, -0.2) is 9.37 Å². The van der Waals surface area contributed by atoms with Crippen molar-refractivity contribution in [2.45, 2.75) is 45.3 Å². The summed E-state index contributed by atoms with van der Waals surface area (Å²) in [5.41, 5.74) is -1.000. The zero-order valence-corrected chi connectivity index (χ0v) is 19.9. The van der Waals surface area contributed by atoms with E-state index in [1.54, 1.807) is 19.1 Å². The molecule has 0 radical (unpaired) electrons. The number of carboxylic acids is 1. The first-order valence-electron chi connectivity index (χ1n) is 11.6. The summed E-state index contributed by atoms with van der Waals surface area (Å²) < 4.78 is 55.2. The lowest BCUT2D eigenvalue weighted by molar-refractivity contribution is -0.152. The van der Waals surface area contributed by atoms with Crippen molar-refractivity contribution in [3.05, 3.63) is 70.8 Å². The first kappa shape index (κ1) is 25.6. The van der Waals surface area contributed by atoms with Crippen molar-refractivity contribution in [1.29, 1.82) is 0 Å². The third-order valence-electron chi connectivity index (χ3n) is 6.86. The van der Waals surface area contributed by atoms with E-state index >= 15 is 0 Å². The summed E-state index contributed by atoms with van der Waals surface area (Å²) in [5, 5.41) is 19.9. The number of halogens is 4. The van der Waals surface area contributed by atoms with Gasteiger partial charge in [0.15, 0.2) is 5.82 Å². The lowest BCUT2D eigenvalue weighted by atomic mass is 9.74. The van der Waals surface area contributed by atoms with Crippen LogP contribution in [0.4, 0.5) is 29.2 Å². The van der Waals surface area contributed by atoms with E-state index in [4.69, 9.17) is 0 Å². The zero-order valence-electron chi connectivity index (χ0n) is 19.9. The van der Waals surface area contributed by atoms with Gasteiger partial charge in [0, 0.05) is 24.2 Å². The fourth-order valence-electron chi connectivity index (χ4n) is 4.73. The summed E-state index contributed by atoms with van der Waals surface area (Å²) in [5.74, 6) is -0.873. The smallest absolute Gasteiger partial charge is 0.416 e. The van der Waals surface area contributed by atoms with Gasteiger partial charge < -0.3 is 10.4 Å². The number of nitrogens with zero attached hydrogens (tertiary/aromatic N) is 3. The molecule has 0 unspecified atom stereocenters. The molecule has 0 bridgehead atoms. The molecule has 0 saturated carbocycles. The second-order valence-electron chi connectivity index (χ2n) is 9.25. The lowest BCUT2D eigenvalue weighted by Gasteiger charge is -2.41. The SMILES string of the molecule is Cc1cc(Nc2ccc(F)c(CC3(C(=O)O)CCN([C@@H](C)c4ccccc4C(F)(F)F)CC3)n2)n[nH]1. The van der Waals surface area contributed by atoms with Gasteiger partial charge in [0.25, 0.3) is 0 Å². The Morgan fingerprint density at radius 3 is 2.50 bits per heavy atom. The van der Waals surface area contributed by atoms with Gasteiger partial charge in [0.1, 0.15) is 11.6 Å². The number of carboxylic acid groups (broad SMARTS) is 1. The van der Waals surface area contributed by atoms with Gasteiger partial charge in [-0.3, -0.25) is 14.8 Å². The van der Waals surface area contributed by atoms with E-state index in [0.717, 1.165) is 11.8 Å². The van der Waals surface area contributed by atoms with E-state index in [-0.39, 0.29) is 43.6 Å². The molecule has 1 aromatic carbocycles. The van der Waals surface area contributed by atoms with Gasteiger partial charge >= 0.3 is 12.1 Å². The van der Waals surface area contributed by atoms with Crippen LogP contribution >= 0.6 is 0 Å². The van der Waals surface area contributed by atoms with Crippen LogP contribution in [0.2, 0.25) is 0 Å². The molecule has 3 aromatic rings. The van der Waals surface area contributed by atoms with E-state index in [9.17, 15) is 27.5 Å². The van der Waals surface area contributed by atoms with Crippen molar-refractivity contribution >= 4 is 17.6 Å². The number of hydrogen-bond acceptors (Lipinski definition) is 5. The molecule has 2 aromatic heterocycles. The fraction of sp³-hybridized carbons (Fsp3) is 0.400. The second-order valence-corrected chi connectivity index (χ2v) is 9.25. The van der Waals surface area contributed by atoms with Crippen molar-refractivity contribution in [2.75, 3.05) is 18.4 Å². The number of aryl methyl sites for hydroxylation is 1. The molecule has 11 heteroatoms. The van der Waals surface area contributed by atoms with E-state index in [1.165, 1.54) is 24.3 Å². The molecule has 0 spiro atoms. The molecule has 1 fully saturated rings. The number of nitrogens with one attached hydrogen (secondary N) is 2. The Morgan fingerprint density at radius 1 is 1.19 bits per heavy atom. The summed E-state index contributed by atoms with van der Waals surface area (Å²) in [7, 11) is 0. The minimum Gasteiger partial charge on any atom is -0.481 e. The third-order valence-corrected chi connectivity index (χ3v) is 6.86. The third kappa shape index (κ3) is 5.35. The van der Waals surface area contributed by atoms with Gasteiger partial charge in [-0.1, -0.05) is 18.2 Å². The van der Waals surface area contributed by atoms with E-state index < -0.39 is 35.0 Å². The van der Waals surface area contributed by atoms with Crippen LogP contribution in [0.5, 0.6) is 0 Å². The average molecular weight is 506 g/mol. The molecule has 192 valence electrons. The van der Waals surface area contributed by atoms with E-state index in [2.05, 4.69) is 20.5 Å². The van der Waals surface area contributed by atoms with Crippen LogP contribution in [0.15, 0.2) is 42.5 Å². The molecule has 3 heterocycles. The molecular formula is C25H27F4N5O2. The molecule has 1 atom stereocenters. The number of carbonyl (C=O) groups is 1. The van der Waals surface area contributed by atoms with E-state index in [1.807, 2.05) is 11.8 Å². The van der Waals surface area contributed by atoms with Crippen molar-refractivity contribution in [3.63, 3.8) is 0 Å². The Kier molecular flexibility index (Phi) is 7.03. The van der Waals surface area contributed by atoms with Crippen LogP contribution in [0, 0.1) is 18.2 Å². The number of anilines is 2. The van der Waals surface area contributed by atoms with Gasteiger partial charge in [0.2, 0.25) is 0 Å². The molecule has 1 saturated heterocycles. The largest absolute Gasteiger partial charge is 0.481 e. The van der Waals surface area contributed by atoms with Crippen LogP contribution in [-0.2, 0) is 17.4 Å². The van der Waals surface area contributed by atoms with Gasteiger partial charge in [0.05, 0.1) is 16.7 Å². The van der Waals surface area contributed by atoms with Crippen molar-refractivity contribution in [3.8, 4) is 0 Å². The number of pyridine rings is 1. The summed E-state index contributed by atoms with van der Waals surface area (Å²) >= 11 is 0. The minimum atomic E-state index is -4.48. The Morgan fingerprint density at radius 2 is 1.89 bits per heavy atom. The highest BCUT2D eigenvalue weighted by Gasteiger charge is 2.44. The fourth-order valence-corrected chi connectivity index (χ4v) is 4.73. The minimum absolute atomic E-state index is 0.0126. The topological polar surface area (TPSA) is 94.1 Å². The Hall–Kier alpha value is -3.47. The zero-order chi connectivity index (χ0) is 26.1. The Labute approximate surface area is 205 Å². The average Bonchev–Trinajstić information content (AvgIpc) is 3.25. The normalized spacial score (nSPS) is 17.1. The highest BCUT2D eigenvalue weighted by molar-refractivity contribution is 5.75. The summed E-state index contributed by atoms with van der Waals surface area (Å²) in [6.45, 7) is 4.02. The number of hydrogen-bond donors (Lipinski definition) is 3. The lowest BCUT2D eigenvalue weighted by Crippen LogP contribution is -2.46. The molecule has 7 nitrogen and oxygen atoms in total. The van der Waals surface area contributed by atoms with Crippen LogP contribution in [-0.4, -0.2) is 44.2 Å². The maximum absolute atomic E-state index is 14.7. The van der Waals surface area contributed by atoms with Gasteiger partial charge in [-0.15, -0.1) is 0 Å². The van der Waals surface area contributed by atoms with Crippen LogP contribution in [0.3, 0.4) is 0 Å². The van der Waals surface area contributed by atoms with Crippen molar-refractivity contribution < 1.29 is 27.5 Å². The highest BCUT2D eigenvalue weighted by Crippen LogP contribution is 2.41. The van der Waals surface area contributed by atoms with Crippen LogP contribution in [0.25, 0.3) is 0 Å². The van der Waals surface area contributed by atoms with Crippen molar-refractivity contribution in [2.24, 2.45) is 5.41 Å². The number of aromatic nitrogens is 3. The quantitative estimate of drug-likeness (QED) is 0.368. The number of aliphatic carboxylic acids is 1. The maximum atomic E-state index is 14.7. The number of rotatable bonds is 7. The predicted octanol–water partition coefficient (Wildman–Crippen LogP) is 5.49. The van der Waals surface area contributed by atoms with E-state index in [0.29, 0.717) is 11.6 Å². The summed E-state index contributed by atoms with van der Waals surface area (Å²) in [6.07, 6.45) is -4.32. The van der Waals surface area contributed by atoms with Crippen molar-refractivity contribution in [1.82, 2.24) is 20.1 Å². The van der Waals surface area contributed by atoms with Crippen LogP contribution < -0.4 is 5.32 Å². The standard InChI is InChI=1S/C25H27F4N5O2/c1-15-13-22(33-32-15)31-21-8-7-19(26)20(30-21)14-24(23(35)36)9-11-34(12-10-24)16(2)17-5-3-4-6-18(17)25(27,28)29/h3-8,13,16H,9-12,14H2,1-2H3,(H,35,36)(H2,30,31,32,33)/t16-/m0/s1. The maximum Gasteiger partial charge on any atom is 0.416 e. The van der Waals surface area contributed by atoms with Gasteiger partial charge in [-0.2, -0.15) is 18.3 Å². The molecule has 36 heavy (non-hydrogen) atoms. The molecular weight excluding hydrogens is 478 g/mol. The number of benzene rings is 1. The number of alkyl halides is 3. The first-order chi connectivity index (χ1) is 17.0. The summed E-state index contributed by atoms with van der Waals surface area (Å²) in [6, 6.07) is 9.27. The highest BCUT2D eigenvalue weighted by atomic mass is 19.4. The summed E-state index contributed by atoms with van der Waals surface area (Å²) in [4.78, 5) is 18.5. The molecule has 0 aliphatic carbocycles. The second kappa shape index (κ2) is 9.88. The Bertz CT molecular complexity index is 1240. The molecule has 4 rings (SSSR count). The number of likely N-dealkylation sites (tertiary alicyclic amines) is 1. The number of H-pyrrole nitrogens is 1. The molecule has 0 amide bonds. The number of aromatic amines is 1. The Balaban J connectivity index is 1.51. The van der Waals surface area contributed by atoms with Crippen LogP contribution in [0.1, 0.15) is 48.3 Å². The number of piperidine rings is 1. The predicted molar refractivity (Wildman–Crippen MR) is 125 cm³/mol. The molecule has 1 aliphatic rings.